The molecule has 1 aliphatic rings. The maximum Gasteiger partial charge on any atom is 0.417 e. The lowest BCUT2D eigenvalue weighted by Crippen LogP contribution is -2.50. The maximum atomic E-state index is 13.4. The van der Waals surface area contributed by atoms with Crippen molar-refractivity contribution in [2.75, 3.05) is 26.2 Å². The van der Waals surface area contributed by atoms with Gasteiger partial charge in [-0.2, -0.15) is 17.5 Å². The van der Waals surface area contributed by atoms with Gasteiger partial charge < -0.3 is 14.2 Å². The number of para-hydroxylation sites is 1. The third-order valence-electron chi connectivity index (χ3n) is 6.01. The number of hydrogen-bond donors (Lipinski definition) is 0. The van der Waals surface area contributed by atoms with Crippen LogP contribution in [0.1, 0.15) is 32.9 Å². The molecule has 12 heteroatoms. The van der Waals surface area contributed by atoms with Gasteiger partial charge in [-0.05, 0) is 38.1 Å². The van der Waals surface area contributed by atoms with E-state index in [2.05, 4.69) is 5.16 Å². The fraction of sp³-hybridized carbons (Fsp3) is 0.333. The lowest BCUT2D eigenvalue weighted by atomic mass is 10.1. The lowest BCUT2D eigenvalue weighted by Gasteiger charge is -2.34. The molecule has 1 fully saturated rings. The number of hydrogen-bond acceptors (Lipinski definition) is 6. The lowest BCUT2D eigenvalue weighted by molar-refractivity contribution is -0.139. The van der Waals surface area contributed by atoms with Crippen molar-refractivity contribution >= 4 is 15.9 Å². The molecule has 0 aliphatic carbocycles. The monoisotopic (exact) mass is 523 g/mol. The Kier molecular flexibility index (Phi) is 7.10. The summed E-state index contributed by atoms with van der Waals surface area (Å²) >= 11 is 0. The molecule has 0 unspecified atom stereocenters. The second-order valence-electron chi connectivity index (χ2n) is 8.28. The number of carbonyl (C=O) groups excluding carboxylic acids is 1. The van der Waals surface area contributed by atoms with Crippen LogP contribution in [-0.4, -0.2) is 54.9 Å². The van der Waals surface area contributed by atoms with Gasteiger partial charge in [0.15, 0.2) is 0 Å². The van der Waals surface area contributed by atoms with Crippen LogP contribution in [0.4, 0.5) is 13.2 Å². The first-order valence-corrected chi connectivity index (χ1v) is 12.5. The SMILES string of the molecule is Cc1noc(C)c1COc1ccccc1C(=O)N1CCN(S(=O)(=O)c2ccccc2C(F)(F)F)CC1. The predicted molar refractivity (Wildman–Crippen MR) is 123 cm³/mol. The summed E-state index contributed by atoms with van der Waals surface area (Å²) in [6.45, 7) is 3.46. The van der Waals surface area contributed by atoms with E-state index in [1.165, 1.54) is 11.0 Å². The van der Waals surface area contributed by atoms with Crippen LogP contribution in [0.5, 0.6) is 5.75 Å². The van der Waals surface area contributed by atoms with E-state index in [0.29, 0.717) is 22.8 Å². The molecule has 0 N–H and O–H groups in total. The Balaban J connectivity index is 1.47. The molecule has 0 spiro atoms. The number of halogens is 3. The minimum absolute atomic E-state index is 0.0183. The van der Waals surface area contributed by atoms with E-state index in [0.717, 1.165) is 28.1 Å². The van der Waals surface area contributed by atoms with Gasteiger partial charge in [-0.3, -0.25) is 4.79 Å². The van der Waals surface area contributed by atoms with Gasteiger partial charge >= 0.3 is 6.18 Å². The van der Waals surface area contributed by atoms with Crippen LogP contribution in [-0.2, 0) is 22.8 Å². The van der Waals surface area contributed by atoms with Crippen LogP contribution in [0.3, 0.4) is 0 Å². The first-order chi connectivity index (χ1) is 17.0. The summed E-state index contributed by atoms with van der Waals surface area (Å²) in [4.78, 5) is 13.9. The number of sulfonamides is 1. The Bertz CT molecular complexity index is 1340. The predicted octanol–water partition coefficient (Wildman–Crippen LogP) is 4.04. The molecular formula is C24H24F3N3O5S. The molecular weight excluding hydrogens is 499 g/mol. The van der Waals surface area contributed by atoms with E-state index >= 15 is 0 Å². The summed E-state index contributed by atoms with van der Waals surface area (Å²) < 4.78 is 78.1. The quantitative estimate of drug-likeness (QED) is 0.484. The van der Waals surface area contributed by atoms with Crippen LogP contribution in [0.15, 0.2) is 57.9 Å². The maximum absolute atomic E-state index is 13.4. The zero-order chi connectivity index (χ0) is 26.1. The zero-order valence-corrected chi connectivity index (χ0v) is 20.4. The van der Waals surface area contributed by atoms with E-state index in [-0.39, 0.29) is 38.7 Å². The van der Waals surface area contributed by atoms with E-state index in [1.54, 1.807) is 38.1 Å². The zero-order valence-electron chi connectivity index (χ0n) is 19.6. The minimum Gasteiger partial charge on any atom is -0.488 e. The Labute approximate surface area is 206 Å². The highest BCUT2D eigenvalue weighted by Crippen LogP contribution is 2.35. The minimum atomic E-state index is -4.81. The number of piperazine rings is 1. The largest absolute Gasteiger partial charge is 0.488 e. The van der Waals surface area contributed by atoms with Gasteiger partial charge in [0.1, 0.15) is 18.1 Å². The van der Waals surface area contributed by atoms with Crippen molar-refractivity contribution in [2.24, 2.45) is 0 Å². The summed E-state index contributed by atoms with van der Waals surface area (Å²) in [5, 5.41) is 3.88. The number of carbonyl (C=O) groups is 1. The molecule has 36 heavy (non-hydrogen) atoms. The molecule has 1 amide bonds. The molecule has 2 aromatic carbocycles. The molecule has 4 rings (SSSR count). The summed E-state index contributed by atoms with van der Waals surface area (Å²) in [5.41, 5.74) is 0.534. The highest BCUT2D eigenvalue weighted by Gasteiger charge is 2.40. The molecule has 0 atom stereocenters. The molecule has 8 nitrogen and oxygen atoms in total. The molecule has 0 saturated carbocycles. The van der Waals surface area contributed by atoms with Crippen molar-refractivity contribution in [3.8, 4) is 5.75 Å². The number of aromatic nitrogens is 1. The van der Waals surface area contributed by atoms with Gasteiger partial charge in [0.2, 0.25) is 10.0 Å². The molecule has 2 heterocycles. The summed E-state index contributed by atoms with van der Waals surface area (Å²) in [5.74, 6) is 0.592. The van der Waals surface area contributed by atoms with Crippen LogP contribution in [0.2, 0.25) is 0 Å². The molecule has 1 saturated heterocycles. The molecule has 3 aromatic rings. The van der Waals surface area contributed by atoms with Crippen molar-refractivity contribution in [3.05, 3.63) is 76.7 Å². The average molecular weight is 524 g/mol. The molecule has 0 radical (unpaired) electrons. The average Bonchev–Trinajstić information content (AvgIpc) is 3.19. The van der Waals surface area contributed by atoms with E-state index in [9.17, 15) is 26.4 Å². The third-order valence-corrected chi connectivity index (χ3v) is 7.96. The van der Waals surface area contributed by atoms with Crippen LogP contribution in [0.25, 0.3) is 0 Å². The number of rotatable bonds is 6. The Morgan fingerprint density at radius 1 is 1.03 bits per heavy atom. The highest BCUT2D eigenvalue weighted by atomic mass is 32.2. The van der Waals surface area contributed by atoms with E-state index in [4.69, 9.17) is 9.26 Å². The number of benzene rings is 2. The number of aryl methyl sites for hydroxylation is 2. The third kappa shape index (κ3) is 5.09. The molecule has 0 bridgehead atoms. The van der Waals surface area contributed by atoms with Gasteiger partial charge in [0, 0.05) is 26.2 Å². The van der Waals surface area contributed by atoms with Crippen molar-refractivity contribution in [1.29, 1.82) is 0 Å². The fourth-order valence-electron chi connectivity index (χ4n) is 3.99. The summed E-state index contributed by atoms with van der Waals surface area (Å²) in [7, 11) is -4.40. The van der Waals surface area contributed by atoms with Gasteiger partial charge in [-0.15, -0.1) is 0 Å². The Hall–Kier alpha value is -3.38. The van der Waals surface area contributed by atoms with Crippen molar-refractivity contribution < 1.29 is 35.6 Å². The number of nitrogens with zero attached hydrogens (tertiary/aromatic N) is 3. The summed E-state index contributed by atoms with van der Waals surface area (Å²) in [6.07, 6.45) is -4.81. The van der Waals surface area contributed by atoms with Crippen molar-refractivity contribution in [1.82, 2.24) is 14.4 Å². The molecule has 192 valence electrons. The van der Waals surface area contributed by atoms with Crippen molar-refractivity contribution in [2.45, 2.75) is 31.5 Å². The number of alkyl halides is 3. The topological polar surface area (TPSA) is 93.0 Å². The standard InChI is InChI=1S/C24H24F3N3O5S/c1-16-19(17(2)35-28-16)15-34-21-9-5-3-7-18(21)23(31)29-11-13-30(14-12-29)36(32,33)22-10-6-4-8-20(22)24(25,26)27/h3-10H,11-15H2,1-2H3. The van der Waals surface area contributed by atoms with Gasteiger partial charge in [0.05, 0.1) is 27.3 Å². The van der Waals surface area contributed by atoms with Crippen LogP contribution < -0.4 is 4.74 Å². The smallest absolute Gasteiger partial charge is 0.417 e. The van der Waals surface area contributed by atoms with Gasteiger partial charge in [-0.25, -0.2) is 8.42 Å². The van der Waals surface area contributed by atoms with Crippen LogP contribution in [0, 0.1) is 13.8 Å². The van der Waals surface area contributed by atoms with Crippen molar-refractivity contribution in [3.63, 3.8) is 0 Å². The number of ether oxygens (including phenoxy) is 1. The van der Waals surface area contributed by atoms with E-state index < -0.39 is 26.7 Å². The second-order valence-corrected chi connectivity index (χ2v) is 10.2. The molecule has 1 aromatic heterocycles. The first-order valence-electron chi connectivity index (χ1n) is 11.1. The number of amides is 1. The van der Waals surface area contributed by atoms with E-state index in [1.807, 2.05) is 0 Å². The Morgan fingerprint density at radius 3 is 2.31 bits per heavy atom. The molecule has 1 aliphatic heterocycles. The normalized spacial score (nSPS) is 15.2. The highest BCUT2D eigenvalue weighted by molar-refractivity contribution is 7.89. The van der Waals surface area contributed by atoms with Gasteiger partial charge in [0.25, 0.3) is 5.91 Å². The van der Waals surface area contributed by atoms with Crippen LogP contribution >= 0.6 is 0 Å². The Morgan fingerprint density at radius 2 is 1.67 bits per heavy atom. The second kappa shape index (κ2) is 9.94. The first kappa shape index (κ1) is 25.7. The van der Waals surface area contributed by atoms with Gasteiger partial charge in [-0.1, -0.05) is 29.4 Å². The summed E-state index contributed by atoms with van der Waals surface area (Å²) in [6, 6.07) is 10.8. The fourth-order valence-corrected chi connectivity index (χ4v) is 5.63.